The van der Waals surface area contributed by atoms with Crippen LogP contribution in [0.5, 0.6) is 0 Å². The third-order valence-corrected chi connectivity index (χ3v) is 3.44. The van der Waals surface area contributed by atoms with E-state index in [2.05, 4.69) is 15.6 Å². The molecule has 1 unspecified atom stereocenters. The number of aromatic carboxylic acids is 1. The van der Waals surface area contributed by atoms with Crippen molar-refractivity contribution in [2.75, 3.05) is 18.6 Å². The Balaban J connectivity index is 2.28. The third-order valence-electron chi connectivity index (χ3n) is 2.70. The molecule has 0 fully saturated rings. The molecule has 0 aliphatic carbocycles. The molecular formula is C12H20N4O3S. The molecule has 0 radical (unpaired) electrons. The van der Waals surface area contributed by atoms with Gasteiger partial charge in [0.2, 0.25) is 0 Å². The molecule has 0 spiro atoms. The Hall–Kier alpha value is -1.70. The molecule has 1 heterocycles. The van der Waals surface area contributed by atoms with Crippen LogP contribution in [-0.4, -0.2) is 51.3 Å². The van der Waals surface area contributed by atoms with E-state index in [1.807, 2.05) is 13.2 Å². The van der Waals surface area contributed by atoms with Gasteiger partial charge in [-0.25, -0.2) is 14.6 Å². The van der Waals surface area contributed by atoms with Gasteiger partial charge >= 0.3 is 12.0 Å². The van der Waals surface area contributed by atoms with Crippen molar-refractivity contribution in [1.82, 2.24) is 20.2 Å². The number of amides is 2. The number of carboxylic acid groups (broad SMARTS) is 1. The largest absolute Gasteiger partial charge is 0.476 e. The summed E-state index contributed by atoms with van der Waals surface area (Å²) in [5.41, 5.74) is 0.000434. The topological polar surface area (TPSA) is 96.3 Å². The number of aromatic nitrogens is 2. The minimum absolute atomic E-state index is 0.000434. The Bertz CT molecular complexity index is 450. The van der Waals surface area contributed by atoms with Gasteiger partial charge in [0.1, 0.15) is 0 Å². The van der Waals surface area contributed by atoms with Gasteiger partial charge in [0.25, 0.3) is 0 Å². The van der Waals surface area contributed by atoms with Gasteiger partial charge < -0.3 is 20.3 Å². The van der Waals surface area contributed by atoms with Crippen LogP contribution in [-0.2, 0) is 6.54 Å². The van der Waals surface area contributed by atoms with E-state index in [1.54, 1.807) is 16.3 Å². The highest BCUT2D eigenvalue weighted by molar-refractivity contribution is 7.98. The maximum absolute atomic E-state index is 11.6. The summed E-state index contributed by atoms with van der Waals surface area (Å²) in [4.78, 5) is 26.0. The number of nitrogens with zero attached hydrogens (tertiary/aromatic N) is 2. The minimum Gasteiger partial charge on any atom is -0.476 e. The van der Waals surface area contributed by atoms with E-state index in [0.29, 0.717) is 13.1 Å². The van der Waals surface area contributed by atoms with E-state index >= 15 is 0 Å². The second-order valence-corrected chi connectivity index (χ2v) is 5.17. The zero-order valence-electron chi connectivity index (χ0n) is 11.6. The van der Waals surface area contributed by atoms with Gasteiger partial charge in [0, 0.05) is 31.1 Å². The molecule has 3 N–H and O–H groups in total. The Morgan fingerprint density at radius 1 is 1.55 bits per heavy atom. The summed E-state index contributed by atoms with van der Waals surface area (Å²) in [5, 5.41) is 14.4. The van der Waals surface area contributed by atoms with Crippen LogP contribution < -0.4 is 10.6 Å². The van der Waals surface area contributed by atoms with Gasteiger partial charge in [0.05, 0.1) is 6.33 Å². The molecule has 1 atom stereocenters. The Morgan fingerprint density at radius 3 is 2.85 bits per heavy atom. The Kier molecular flexibility index (Phi) is 6.92. The summed E-state index contributed by atoms with van der Waals surface area (Å²) in [5.74, 6) is -0.176. The monoisotopic (exact) mass is 300 g/mol. The quantitative estimate of drug-likeness (QED) is 0.666. The number of carboxylic acids is 1. The fraction of sp³-hybridized carbons (Fsp3) is 0.583. The second kappa shape index (κ2) is 8.47. The fourth-order valence-corrected chi connectivity index (χ4v) is 2.31. The van der Waals surface area contributed by atoms with E-state index < -0.39 is 5.97 Å². The Labute approximate surface area is 122 Å². The van der Waals surface area contributed by atoms with Crippen LogP contribution in [0.15, 0.2) is 12.5 Å². The number of hydrogen-bond acceptors (Lipinski definition) is 4. The standard InChI is InChI=1S/C12H20N4O3S/c1-3-9(7-20-2)15-12(19)13-4-5-16-6-10(11(17)18)14-8-16/h6,8-9H,3-5,7H2,1-2H3,(H,17,18)(H2,13,15,19). The van der Waals surface area contributed by atoms with Crippen LogP contribution in [0.4, 0.5) is 4.79 Å². The molecule has 7 nitrogen and oxygen atoms in total. The summed E-state index contributed by atoms with van der Waals surface area (Å²) < 4.78 is 1.63. The van der Waals surface area contributed by atoms with Gasteiger partial charge in [-0.2, -0.15) is 11.8 Å². The second-order valence-electron chi connectivity index (χ2n) is 4.26. The summed E-state index contributed by atoms with van der Waals surface area (Å²) in [6, 6.07) is -0.0404. The van der Waals surface area contributed by atoms with Crippen LogP contribution in [0.2, 0.25) is 0 Å². The number of urea groups is 1. The normalized spacial score (nSPS) is 11.9. The molecule has 0 aromatic carbocycles. The summed E-state index contributed by atoms with van der Waals surface area (Å²) in [7, 11) is 0. The van der Waals surface area contributed by atoms with Crippen molar-refractivity contribution in [3.8, 4) is 0 Å². The smallest absolute Gasteiger partial charge is 0.356 e. The van der Waals surface area contributed by atoms with Crippen molar-refractivity contribution < 1.29 is 14.7 Å². The van der Waals surface area contributed by atoms with E-state index in [0.717, 1.165) is 12.2 Å². The lowest BCUT2D eigenvalue weighted by molar-refractivity contribution is 0.0691. The molecule has 1 aromatic heterocycles. The predicted molar refractivity (Wildman–Crippen MR) is 78.2 cm³/mol. The van der Waals surface area contributed by atoms with Crippen molar-refractivity contribution in [2.45, 2.75) is 25.9 Å². The predicted octanol–water partition coefficient (Wildman–Crippen LogP) is 1.02. The van der Waals surface area contributed by atoms with Crippen molar-refractivity contribution in [3.05, 3.63) is 18.2 Å². The number of imidazole rings is 1. The fourth-order valence-electron chi connectivity index (χ4n) is 1.59. The van der Waals surface area contributed by atoms with Crippen LogP contribution in [0, 0.1) is 0 Å². The first-order chi connectivity index (χ1) is 9.56. The number of carbonyl (C=O) groups is 2. The molecule has 2 amide bonds. The molecule has 8 heteroatoms. The van der Waals surface area contributed by atoms with Crippen molar-refractivity contribution >= 4 is 23.8 Å². The van der Waals surface area contributed by atoms with Gasteiger partial charge in [-0.15, -0.1) is 0 Å². The van der Waals surface area contributed by atoms with Crippen LogP contribution >= 0.6 is 11.8 Å². The SMILES string of the molecule is CCC(CSC)NC(=O)NCCn1cnc(C(=O)O)c1. The first kappa shape index (κ1) is 16.4. The summed E-state index contributed by atoms with van der Waals surface area (Å²) >= 11 is 1.69. The highest BCUT2D eigenvalue weighted by Gasteiger charge is 2.09. The van der Waals surface area contributed by atoms with Gasteiger partial charge in [0.15, 0.2) is 5.69 Å². The number of rotatable bonds is 8. The molecule has 1 rings (SSSR count). The van der Waals surface area contributed by atoms with E-state index in [-0.39, 0.29) is 17.8 Å². The number of hydrogen-bond donors (Lipinski definition) is 3. The average molecular weight is 300 g/mol. The van der Waals surface area contributed by atoms with Gasteiger partial charge in [-0.1, -0.05) is 6.92 Å². The lowest BCUT2D eigenvalue weighted by Gasteiger charge is -2.16. The number of nitrogens with one attached hydrogen (secondary N) is 2. The zero-order chi connectivity index (χ0) is 15.0. The molecule has 0 aliphatic heterocycles. The molecule has 20 heavy (non-hydrogen) atoms. The average Bonchev–Trinajstić information content (AvgIpc) is 2.87. The van der Waals surface area contributed by atoms with Crippen LogP contribution in [0.25, 0.3) is 0 Å². The lowest BCUT2D eigenvalue weighted by Crippen LogP contribution is -2.43. The highest BCUT2D eigenvalue weighted by Crippen LogP contribution is 2.00. The van der Waals surface area contributed by atoms with Crippen LogP contribution in [0.1, 0.15) is 23.8 Å². The molecule has 0 saturated heterocycles. The molecular weight excluding hydrogens is 280 g/mol. The zero-order valence-corrected chi connectivity index (χ0v) is 12.4. The van der Waals surface area contributed by atoms with Crippen molar-refractivity contribution in [2.24, 2.45) is 0 Å². The van der Waals surface area contributed by atoms with Gasteiger partial charge in [-0.3, -0.25) is 0 Å². The van der Waals surface area contributed by atoms with E-state index in [9.17, 15) is 9.59 Å². The first-order valence-corrected chi connectivity index (χ1v) is 7.74. The minimum atomic E-state index is -1.06. The van der Waals surface area contributed by atoms with Crippen LogP contribution in [0.3, 0.4) is 0 Å². The van der Waals surface area contributed by atoms with Gasteiger partial charge in [-0.05, 0) is 12.7 Å². The number of carbonyl (C=O) groups excluding carboxylic acids is 1. The molecule has 0 aliphatic rings. The van der Waals surface area contributed by atoms with Crippen molar-refractivity contribution in [1.29, 1.82) is 0 Å². The third kappa shape index (κ3) is 5.52. The molecule has 0 saturated carbocycles. The maximum Gasteiger partial charge on any atom is 0.356 e. The highest BCUT2D eigenvalue weighted by atomic mass is 32.2. The first-order valence-electron chi connectivity index (χ1n) is 6.35. The molecule has 0 bridgehead atoms. The van der Waals surface area contributed by atoms with Crippen molar-refractivity contribution in [3.63, 3.8) is 0 Å². The summed E-state index contributed by atoms with van der Waals surface area (Å²) in [6.45, 7) is 2.92. The number of thioether (sulfide) groups is 1. The van der Waals surface area contributed by atoms with E-state index in [1.165, 1.54) is 12.5 Å². The Morgan fingerprint density at radius 2 is 2.30 bits per heavy atom. The molecule has 112 valence electrons. The maximum atomic E-state index is 11.6. The lowest BCUT2D eigenvalue weighted by atomic mass is 10.3. The van der Waals surface area contributed by atoms with E-state index in [4.69, 9.17) is 5.11 Å². The molecule has 1 aromatic rings. The summed E-state index contributed by atoms with van der Waals surface area (Å²) in [6.07, 6.45) is 5.76.